The lowest BCUT2D eigenvalue weighted by Crippen LogP contribution is -2.21. The predicted octanol–water partition coefficient (Wildman–Crippen LogP) is 6.21. The molecule has 1 aromatic heterocycles. The molecular weight excluding hydrogens is 318 g/mol. The lowest BCUT2D eigenvalue weighted by molar-refractivity contribution is 0.346. The molecule has 0 N–H and O–H groups in total. The maximum absolute atomic E-state index is 4.73. The Morgan fingerprint density at radius 3 is 2.31 bits per heavy atom. The molecule has 0 unspecified atom stereocenters. The molecule has 3 rings (SSSR count). The number of rotatable bonds is 6. The van der Waals surface area contributed by atoms with Crippen molar-refractivity contribution in [2.24, 2.45) is 4.99 Å². The fourth-order valence-electron chi connectivity index (χ4n) is 4.32. The summed E-state index contributed by atoms with van der Waals surface area (Å²) in [5, 5.41) is 0. The van der Waals surface area contributed by atoms with E-state index in [1.165, 1.54) is 54.7 Å². The van der Waals surface area contributed by atoms with Gasteiger partial charge in [0.25, 0.3) is 0 Å². The summed E-state index contributed by atoms with van der Waals surface area (Å²) in [5.41, 5.74) is 6.26. The fourth-order valence-corrected chi connectivity index (χ4v) is 4.32. The third kappa shape index (κ3) is 4.03. The van der Waals surface area contributed by atoms with E-state index in [2.05, 4.69) is 67.5 Å². The number of aromatic nitrogens is 1. The van der Waals surface area contributed by atoms with Crippen molar-refractivity contribution in [3.8, 4) is 0 Å². The first kappa shape index (κ1) is 18.8. The SMILES string of the molecule is CCN(CC)c1ccc(N=Cc2cc(C)n(C3CCCCC3)c2C)cc1. The Morgan fingerprint density at radius 2 is 1.69 bits per heavy atom. The lowest BCUT2D eigenvalue weighted by Gasteiger charge is -2.26. The summed E-state index contributed by atoms with van der Waals surface area (Å²) in [6.45, 7) is 10.9. The first-order valence-corrected chi connectivity index (χ1v) is 10.2. The van der Waals surface area contributed by atoms with Crippen LogP contribution in [0.25, 0.3) is 0 Å². The molecule has 1 aliphatic carbocycles. The van der Waals surface area contributed by atoms with Crippen molar-refractivity contribution >= 4 is 17.6 Å². The molecule has 1 heterocycles. The molecule has 0 amide bonds. The van der Waals surface area contributed by atoms with Gasteiger partial charge < -0.3 is 9.47 Å². The summed E-state index contributed by atoms with van der Waals surface area (Å²) in [6, 6.07) is 11.5. The average molecular weight is 352 g/mol. The van der Waals surface area contributed by atoms with Gasteiger partial charge >= 0.3 is 0 Å². The van der Waals surface area contributed by atoms with Gasteiger partial charge in [-0.3, -0.25) is 4.99 Å². The molecule has 140 valence electrons. The molecule has 0 saturated heterocycles. The van der Waals surface area contributed by atoms with Crippen LogP contribution in [-0.2, 0) is 0 Å². The zero-order valence-corrected chi connectivity index (χ0v) is 16.8. The summed E-state index contributed by atoms with van der Waals surface area (Å²) in [6.07, 6.45) is 8.80. The van der Waals surface area contributed by atoms with E-state index in [1.54, 1.807) is 0 Å². The Labute approximate surface area is 158 Å². The van der Waals surface area contributed by atoms with Gasteiger partial charge in [-0.1, -0.05) is 19.3 Å². The normalized spacial score (nSPS) is 15.7. The molecular formula is C23H33N3. The summed E-state index contributed by atoms with van der Waals surface area (Å²) in [4.78, 5) is 7.08. The van der Waals surface area contributed by atoms with Crippen LogP contribution < -0.4 is 4.90 Å². The number of aliphatic imine (C=N–C) groups is 1. The van der Waals surface area contributed by atoms with E-state index in [0.29, 0.717) is 6.04 Å². The number of anilines is 1. The van der Waals surface area contributed by atoms with Gasteiger partial charge in [-0.05, 0) is 70.9 Å². The van der Waals surface area contributed by atoms with Gasteiger partial charge in [-0.15, -0.1) is 0 Å². The number of hydrogen-bond acceptors (Lipinski definition) is 2. The van der Waals surface area contributed by atoms with Crippen LogP contribution in [0.1, 0.15) is 68.9 Å². The third-order valence-electron chi connectivity index (χ3n) is 5.79. The number of nitrogens with zero attached hydrogens (tertiary/aromatic N) is 3. The van der Waals surface area contributed by atoms with E-state index in [0.717, 1.165) is 18.8 Å². The minimum Gasteiger partial charge on any atom is -0.372 e. The van der Waals surface area contributed by atoms with Gasteiger partial charge in [-0.2, -0.15) is 0 Å². The minimum absolute atomic E-state index is 0.680. The van der Waals surface area contributed by atoms with Crippen molar-refractivity contribution in [1.82, 2.24) is 4.57 Å². The minimum atomic E-state index is 0.680. The molecule has 1 saturated carbocycles. The number of hydrogen-bond donors (Lipinski definition) is 0. The molecule has 0 aliphatic heterocycles. The molecule has 2 aromatic rings. The smallest absolute Gasteiger partial charge is 0.0631 e. The van der Waals surface area contributed by atoms with Crippen LogP contribution in [-0.4, -0.2) is 23.9 Å². The van der Waals surface area contributed by atoms with Crippen LogP contribution in [0.15, 0.2) is 35.3 Å². The van der Waals surface area contributed by atoms with E-state index in [4.69, 9.17) is 4.99 Å². The highest BCUT2D eigenvalue weighted by Gasteiger charge is 2.19. The summed E-state index contributed by atoms with van der Waals surface area (Å²) in [5.74, 6) is 0. The van der Waals surface area contributed by atoms with E-state index < -0.39 is 0 Å². The topological polar surface area (TPSA) is 20.5 Å². The van der Waals surface area contributed by atoms with E-state index >= 15 is 0 Å². The van der Waals surface area contributed by atoms with Gasteiger partial charge in [0.1, 0.15) is 0 Å². The molecule has 0 atom stereocenters. The molecule has 1 aromatic carbocycles. The highest BCUT2D eigenvalue weighted by atomic mass is 15.1. The van der Waals surface area contributed by atoms with Gasteiger partial charge in [0.05, 0.1) is 5.69 Å². The zero-order chi connectivity index (χ0) is 18.5. The third-order valence-corrected chi connectivity index (χ3v) is 5.79. The Kier molecular flexibility index (Phi) is 6.18. The molecule has 0 bridgehead atoms. The molecule has 0 spiro atoms. The highest BCUT2D eigenvalue weighted by Crippen LogP contribution is 2.32. The summed E-state index contributed by atoms with van der Waals surface area (Å²) >= 11 is 0. The van der Waals surface area contributed by atoms with Gasteiger partial charge in [-0.25, -0.2) is 0 Å². The monoisotopic (exact) mass is 351 g/mol. The second kappa shape index (κ2) is 8.57. The lowest BCUT2D eigenvalue weighted by atomic mass is 9.95. The second-order valence-electron chi connectivity index (χ2n) is 7.44. The van der Waals surface area contributed by atoms with Gasteiger partial charge in [0.15, 0.2) is 0 Å². The van der Waals surface area contributed by atoms with Crippen LogP contribution in [0.2, 0.25) is 0 Å². The van der Waals surface area contributed by atoms with Crippen molar-refractivity contribution in [3.05, 3.63) is 47.3 Å². The standard InChI is InChI=1S/C23H33N3/c1-5-25(6-2)22-14-12-21(13-15-22)24-17-20-16-18(3)26(19(20)4)23-10-8-7-9-11-23/h12-17,23H,5-11H2,1-4H3. The van der Waals surface area contributed by atoms with Crippen LogP contribution in [0.5, 0.6) is 0 Å². The van der Waals surface area contributed by atoms with Crippen LogP contribution in [0.4, 0.5) is 11.4 Å². The number of benzene rings is 1. The molecule has 3 nitrogen and oxygen atoms in total. The largest absolute Gasteiger partial charge is 0.372 e. The first-order chi connectivity index (χ1) is 12.6. The van der Waals surface area contributed by atoms with Crippen molar-refractivity contribution in [2.75, 3.05) is 18.0 Å². The molecule has 3 heteroatoms. The quantitative estimate of drug-likeness (QED) is 0.567. The van der Waals surface area contributed by atoms with Crippen molar-refractivity contribution in [2.45, 2.75) is 65.8 Å². The first-order valence-electron chi connectivity index (χ1n) is 10.2. The van der Waals surface area contributed by atoms with E-state index in [-0.39, 0.29) is 0 Å². The molecule has 1 fully saturated rings. The van der Waals surface area contributed by atoms with E-state index in [1.807, 2.05) is 6.21 Å². The highest BCUT2D eigenvalue weighted by molar-refractivity contribution is 5.84. The Bertz CT molecular complexity index is 730. The zero-order valence-electron chi connectivity index (χ0n) is 16.8. The average Bonchev–Trinajstić information content (AvgIpc) is 2.96. The van der Waals surface area contributed by atoms with Crippen LogP contribution >= 0.6 is 0 Å². The van der Waals surface area contributed by atoms with E-state index in [9.17, 15) is 0 Å². The van der Waals surface area contributed by atoms with Crippen LogP contribution in [0, 0.1) is 13.8 Å². The Balaban J connectivity index is 1.76. The maximum atomic E-state index is 4.73. The Hall–Kier alpha value is -2.03. The second-order valence-corrected chi connectivity index (χ2v) is 7.44. The number of aryl methyl sites for hydroxylation is 1. The van der Waals surface area contributed by atoms with Crippen molar-refractivity contribution in [3.63, 3.8) is 0 Å². The summed E-state index contributed by atoms with van der Waals surface area (Å²) < 4.78 is 2.55. The molecule has 0 radical (unpaired) electrons. The van der Waals surface area contributed by atoms with Gasteiger partial charge in [0.2, 0.25) is 0 Å². The van der Waals surface area contributed by atoms with Crippen molar-refractivity contribution in [1.29, 1.82) is 0 Å². The van der Waals surface area contributed by atoms with Crippen LogP contribution in [0.3, 0.4) is 0 Å². The van der Waals surface area contributed by atoms with Gasteiger partial charge in [0, 0.05) is 48.0 Å². The Morgan fingerprint density at radius 1 is 1.04 bits per heavy atom. The summed E-state index contributed by atoms with van der Waals surface area (Å²) in [7, 11) is 0. The maximum Gasteiger partial charge on any atom is 0.0631 e. The van der Waals surface area contributed by atoms with Crippen molar-refractivity contribution < 1.29 is 0 Å². The fraction of sp³-hybridized carbons (Fsp3) is 0.522. The molecule has 1 aliphatic rings. The molecule has 26 heavy (non-hydrogen) atoms. The predicted molar refractivity (Wildman–Crippen MR) is 113 cm³/mol.